The van der Waals surface area contributed by atoms with Crippen molar-refractivity contribution in [2.24, 2.45) is 16.5 Å². The van der Waals surface area contributed by atoms with Crippen LogP contribution >= 0.6 is 0 Å². The molecular weight excluding hydrogens is 298 g/mol. The van der Waals surface area contributed by atoms with E-state index in [9.17, 15) is 14.4 Å². The fraction of sp³-hybridized carbons (Fsp3) is 0.200. The van der Waals surface area contributed by atoms with Gasteiger partial charge in [0.25, 0.3) is 11.5 Å². The normalized spacial score (nSPS) is 10.3. The minimum atomic E-state index is -0.670. The first-order chi connectivity index (χ1) is 10.9. The zero-order valence-corrected chi connectivity index (χ0v) is 12.6. The van der Waals surface area contributed by atoms with Crippen LogP contribution in [0.2, 0.25) is 0 Å². The third-order valence-electron chi connectivity index (χ3n) is 3.15. The summed E-state index contributed by atoms with van der Waals surface area (Å²) in [5.74, 6) is -1.05. The van der Waals surface area contributed by atoms with Crippen LogP contribution in [0, 0.1) is 6.92 Å². The van der Waals surface area contributed by atoms with Crippen LogP contribution in [0.1, 0.15) is 11.1 Å². The molecule has 1 aromatic heterocycles. The summed E-state index contributed by atoms with van der Waals surface area (Å²) in [5.41, 5.74) is 10.4. The van der Waals surface area contributed by atoms with Crippen molar-refractivity contribution in [2.75, 3.05) is 0 Å². The molecule has 0 unspecified atom stereocenters. The number of nitrogens with two attached hydrogens (primary N) is 2. The lowest BCUT2D eigenvalue weighted by Crippen LogP contribution is -2.42. The van der Waals surface area contributed by atoms with Crippen molar-refractivity contribution < 1.29 is 4.79 Å². The average Bonchev–Trinajstić information content (AvgIpc) is 2.49. The molecule has 0 saturated carbocycles. The highest BCUT2D eigenvalue weighted by atomic mass is 16.2. The lowest BCUT2D eigenvalue weighted by Gasteiger charge is -2.10. The van der Waals surface area contributed by atoms with Gasteiger partial charge in [-0.1, -0.05) is 30.3 Å². The van der Waals surface area contributed by atoms with Gasteiger partial charge in [-0.3, -0.25) is 18.7 Å². The molecule has 1 heterocycles. The van der Waals surface area contributed by atoms with E-state index in [0.717, 1.165) is 14.7 Å². The number of amides is 1. The zero-order valence-electron chi connectivity index (χ0n) is 12.6. The standard InChI is InChI=1S/C15H17N5O3/c1-10-7-19(9-12(21)18-14(16)17)15(23)20(13(10)22)8-11-5-3-2-4-6-11/h2-7H,8-9H2,1H3,(H4,16,17,18,21). The van der Waals surface area contributed by atoms with Crippen molar-refractivity contribution in [3.63, 3.8) is 0 Å². The van der Waals surface area contributed by atoms with E-state index < -0.39 is 17.2 Å². The molecule has 0 spiro atoms. The summed E-state index contributed by atoms with van der Waals surface area (Å²) < 4.78 is 2.20. The zero-order chi connectivity index (χ0) is 17.0. The summed E-state index contributed by atoms with van der Waals surface area (Å²) >= 11 is 0. The van der Waals surface area contributed by atoms with Gasteiger partial charge in [0.1, 0.15) is 6.54 Å². The van der Waals surface area contributed by atoms with Gasteiger partial charge in [0.15, 0.2) is 5.96 Å². The molecule has 0 bridgehead atoms. The second-order valence-electron chi connectivity index (χ2n) is 5.03. The van der Waals surface area contributed by atoms with E-state index in [1.54, 1.807) is 6.92 Å². The van der Waals surface area contributed by atoms with Gasteiger partial charge in [0, 0.05) is 11.8 Å². The summed E-state index contributed by atoms with van der Waals surface area (Å²) in [6.07, 6.45) is 1.33. The molecule has 8 nitrogen and oxygen atoms in total. The van der Waals surface area contributed by atoms with Gasteiger partial charge in [-0.2, -0.15) is 4.99 Å². The molecule has 2 aromatic rings. The van der Waals surface area contributed by atoms with Crippen molar-refractivity contribution in [2.45, 2.75) is 20.0 Å². The number of nitrogens with zero attached hydrogens (tertiary/aromatic N) is 3. The molecule has 8 heteroatoms. The topological polar surface area (TPSA) is 125 Å². The molecule has 1 aromatic carbocycles. The van der Waals surface area contributed by atoms with Crippen LogP contribution in [0.5, 0.6) is 0 Å². The Morgan fingerprint density at radius 3 is 2.43 bits per heavy atom. The predicted molar refractivity (Wildman–Crippen MR) is 86.1 cm³/mol. The van der Waals surface area contributed by atoms with E-state index in [2.05, 4.69) is 4.99 Å². The second kappa shape index (κ2) is 6.73. The monoisotopic (exact) mass is 315 g/mol. The molecular formula is C15H17N5O3. The maximum Gasteiger partial charge on any atom is 0.331 e. The first kappa shape index (κ1) is 16.2. The molecule has 4 N–H and O–H groups in total. The predicted octanol–water partition coefficient (Wildman–Crippen LogP) is -0.833. The fourth-order valence-corrected chi connectivity index (χ4v) is 2.14. The van der Waals surface area contributed by atoms with Gasteiger partial charge in [-0.05, 0) is 12.5 Å². The Morgan fingerprint density at radius 2 is 1.83 bits per heavy atom. The van der Waals surface area contributed by atoms with Crippen LogP contribution in [0.3, 0.4) is 0 Å². The molecule has 0 fully saturated rings. The van der Waals surface area contributed by atoms with Crippen LogP contribution < -0.4 is 22.7 Å². The van der Waals surface area contributed by atoms with E-state index in [-0.39, 0.29) is 19.0 Å². The van der Waals surface area contributed by atoms with Crippen LogP contribution in [0.25, 0.3) is 0 Å². The molecule has 0 aliphatic heterocycles. The maximum absolute atomic E-state index is 12.4. The SMILES string of the molecule is Cc1cn(CC(=O)N=C(N)N)c(=O)n(Cc2ccccc2)c1=O. The molecule has 1 amide bonds. The Balaban J connectivity index is 2.43. The van der Waals surface area contributed by atoms with Crippen molar-refractivity contribution in [3.8, 4) is 0 Å². The molecule has 0 atom stereocenters. The van der Waals surface area contributed by atoms with Gasteiger partial charge in [-0.15, -0.1) is 0 Å². The number of aliphatic imine (C=N–C) groups is 1. The Kier molecular flexibility index (Phi) is 4.75. The Hall–Kier alpha value is -3.16. The van der Waals surface area contributed by atoms with Crippen LogP contribution in [0.4, 0.5) is 0 Å². The van der Waals surface area contributed by atoms with E-state index in [0.29, 0.717) is 5.56 Å². The number of guanidine groups is 1. The first-order valence-electron chi connectivity index (χ1n) is 6.85. The van der Waals surface area contributed by atoms with Gasteiger partial charge in [0.05, 0.1) is 6.54 Å². The summed E-state index contributed by atoms with van der Waals surface area (Å²) in [5, 5.41) is 0. The molecule has 120 valence electrons. The van der Waals surface area contributed by atoms with Crippen molar-refractivity contribution in [1.29, 1.82) is 0 Å². The van der Waals surface area contributed by atoms with Gasteiger partial charge >= 0.3 is 5.69 Å². The summed E-state index contributed by atoms with van der Waals surface area (Å²) in [7, 11) is 0. The van der Waals surface area contributed by atoms with Crippen molar-refractivity contribution >= 4 is 11.9 Å². The smallest absolute Gasteiger partial charge is 0.331 e. The third kappa shape index (κ3) is 3.94. The maximum atomic E-state index is 12.4. The summed E-state index contributed by atoms with van der Waals surface area (Å²) in [4.78, 5) is 39.6. The van der Waals surface area contributed by atoms with E-state index in [4.69, 9.17) is 11.5 Å². The quantitative estimate of drug-likeness (QED) is 0.562. The molecule has 0 saturated heterocycles. The van der Waals surface area contributed by atoms with E-state index >= 15 is 0 Å². The van der Waals surface area contributed by atoms with Crippen molar-refractivity contribution in [1.82, 2.24) is 9.13 Å². The number of carbonyl (C=O) groups is 1. The number of aryl methyl sites for hydroxylation is 1. The largest absolute Gasteiger partial charge is 0.370 e. The molecule has 0 radical (unpaired) electrons. The number of hydrogen-bond acceptors (Lipinski definition) is 3. The number of rotatable bonds is 4. The average molecular weight is 315 g/mol. The highest BCUT2D eigenvalue weighted by Gasteiger charge is 2.12. The van der Waals surface area contributed by atoms with E-state index in [1.807, 2.05) is 30.3 Å². The Morgan fingerprint density at radius 1 is 1.17 bits per heavy atom. The minimum absolute atomic E-state index is 0.122. The van der Waals surface area contributed by atoms with Gasteiger partial charge < -0.3 is 11.5 Å². The third-order valence-corrected chi connectivity index (χ3v) is 3.15. The number of benzene rings is 1. The number of hydrogen-bond donors (Lipinski definition) is 2. The highest BCUT2D eigenvalue weighted by Crippen LogP contribution is 1.99. The first-order valence-corrected chi connectivity index (χ1v) is 6.85. The van der Waals surface area contributed by atoms with Gasteiger partial charge in [0.2, 0.25) is 0 Å². The molecule has 0 aliphatic carbocycles. The second-order valence-corrected chi connectivity index (χ2v) is 5.03. The summed E-state index contributed by atoms with van der Waals surface area (Å²) in [6, 6.07) is 9.09. The lowest BCUT2D eigenvalue weighted by atomic mass is 10.2. The fourth-order valence-electron chi connectivity index (χ4n) is 2.14. The Bertz CT molecular complexity index is 861. The Labute approximate surface area is 131 Å². The number of carbonyl (C=O) groups excluding carboxylic acids is 1. The van der Waals surface area contributed by atoms with Crippen LogP contribution in [-0.4, -0.2) is 21.0 Å². The molecule has 0 aliphatic rings. The molecule has 23 heavy (non-hydrogen) atoms. The van der Waals surface area contributed by atoms with Gasteiger partial charge in [-0.25, -0.2) is 4.79 Å². The van der Waals surface area contributed by atoms with Crippen LogP contribution in [-0.2, 0) is 17.9 Å². The van der Waals surface area contributed by atoms with Crippen molar-refractivity contribution in [3.05, 3.63) is 68.5 Å². The number of aromatic nitrogens is 2. The summed E-state index contributed by atoms with van der Waals surface area (Å²) in [6.45, 7) is 1.36. The minimum Gasteiger partial charge on any atom is -0.370 e. The lowest BCUT2D eigenvalue weighted by molar-refractivity contribution is -0.118. The van der Waals surface area contributed by atoms with E-state index in [1.165, 1.54) is 6.20 Å². The highest BCUT2D eigenvalue weighted by molar-refractivity contribution is 5.91. The van der Waals surface area contributed by atoms with Crippen LogP contribution in [0.15, 0.2) is 51.1 Å². The molecule has 2 rings (SSSR count).